The lowest BCUT2D eigenvalue weighted by Crippen LogP contribution is -2.44. The Hall–Kier alpha value is -2.12. The van der Waals surface area contributed by atoms with Gasteiger partial charge in [-0.15, -0.1) is 0 Å². The van der Waals surface area contributed by atoms with Crippen LogP contribution in [0.5, 0.6) is 5.75 Å². The van der Waals surface area contributed by atoms with Gasteiger partial charge in [-0.2, -0.15) is 0 Å². The van der Waals surface area contributed by atoms with Crippen molar-refractivity contribution < 1.29 is 23.9 Å². The third-order valence-corrected chi connectivity index (χ3v) is 5.23. The Morgan fingerprint density at radius 1 is 1.37 bits per heavy atom. The fourth-order valence-corrected chi connectivity index (χ4v) is 3.69. The highest BCUT2D eigenvalue weighted by Crippen LogP contribution is 2.40. The Bertz CT molecular complexity index is 754. The zero-order chi connectivity index (χ0) is 19.4. The second-order valence-corrected chi connectivity index (χ2v) is 7.37. The van der Waals surface area contributed by atoms with Gasteiger partial charge in [0.25, 0.3) is 0 Å². The molecule has 146 valence electrons. The quantitative estimate of drug-likeness (QED) is 0.770. The monoisotopic (exact) mass is 394 g/mol. The Labute approximate surface area is 162 Å². The third-order valence-electron chi connectivity index (χ3n) is 5.00. The number of nitrogens with one attached hydrogen (secondary N) is 1. The van der Waals surface area contributed by atoms with Crippen molar-refractivity contribution in [3.8, 4) is 5.75 Å². The minimum absolute atomic E-state index is 0.00122. The topological polar surface area (TPSA) is 84.9 Å². The van der Waals surface area contributed by atoms with E-state index in [1.165, 1.54) is 4.90 Å². The van der Waals surface area contributed by atoms with E-state index in [1.807, 2.05) is 0 Å². The van der Waals surface area contributed by atoms with Gasteiger partial charge in [0.15, 0.2) is 5.78 Å². The van der Waals surface area contributed by atoms with Crippen molar-refractivity contribution in [3.63, 3.8) is 0 Å². The first-order valence-corrected chi connectivity index (χ1v) is 9.35. The Balaban J connectivity index is 1.67. The number of benzene rings is 1. The van der Waals surface area contributed by atoms with E-state index in [0.717, 1.165) is 0 Å². The predicted molar refractivity (Wildman–Crippen MR) is 99.1 cm³/mol. The molecule has 1 spiro atoms. The lowest BCUT2D eigenvalue weighted by atomic mass is 9.84. The largest absolute Gasteiger partial charge is 0.486 e. The normalized spacial score (nSPS) is 22.2. The third kappa shape index (κ3) is 4.59. The predicted octanol–water partition coefficient (Wildman–Crippen LogP) is 1.82. The van der Waals surface area contributed by atoms with E-state index in [1.54, 1.807) is 25.3 Å². The molecule has 1 fully saturated rings. The van der Waals surface area contributed by atoms with Gasteiger partial charge in [-0.05, 0) is 24.6 Å². The van der Waals surface area contributed by atoms with Crippen molar-refractivity contribution in [2.24, 2.45) is 0 Å². The maximum atomic E-state index is 12.6. The van der Waals surface area contributed by atoms with Crippen LogP contribution in [0, 0.1) is 0 Å². The van der Waals surface area contributed by atoms with E-state index in [2.05, 4.69) is 5.32 Å². The van der Waals surface area contributed by atoms with E-state index >= 15 is 0 Å². The molecule has 0 bridgehead atoms. The van der Waals surface area contributed by atoms with Crippen molar-refractivity contribution in [2.45, 2.75) is 31.3 Å². The molecular formula is C19H23ClN2O5. The van der Waals surface area contributed by atoms with E-state index in [4.69, 9.17) is 21.1 Å². The molecule has 7 nitrogen and oxygen atoms in total. The molecule has 8 heteroatoms. The number of hydrogen-bond acceptors (Lipinski definition) is 5. The number of carbonyl (C=O) groups is 3. The number of fused-ring (bicyclic) bond motifs is 1. The summed E-state index contributed by atoms with van der Waals surface area (Å²) in [6, 6.07) is 5.00. The van der Waals surface area contributed by atoms with Gasteiger partial charge in [-0.3, -0.25) is 14.4 Å². The highest BCUT2D eigenvalue weighted by molar-refractivity contribution is 6.31. The number of ether oxygens (including phenoxy) is 2. The Morgan fingerprint density at radius 3 is 2.96 bits per heavy atom. The standard InChI is InChI=1S/C19H23ClN2O5/c1-26-9-7-21-17(24)12-22-8-6-19(5-4-18(22)25)11-15(23)14-10-13(20)2-3-16(14)27-19/h2-3,10H,4-9,11-12H2,1H3,(H,21,24). The van der Waals surface area contributed by atoms with Crippen molar-refractivity contribution in [1.29, 1.82) is 0 Å². The summed E-state index contributed by atoms with van der Waals surface area (Å²) in [5, 5.41) is 3.20. The smallest absolute Gasteiger partial charge is 0.239 e. The number of ketones is 1. The molecule has 1 aromatic carbocycles. The van der Waals surface area contributed by atoms with Crippen LogP contribution < -0.4 is 10.1 Å². The Kier molecular flexibility index (Phi) is 6.01. The molecule has 0 aromatic heterocycles. The molecule has 1 atom stereocenters. The number of halogens is 1. The van der Waals surface area contributed by atoms with E-state index < -0.39 is 5.60 Å². The maximum absolute atomic E-state index is 12.6. The van der Waals surface area contributed by atoms with Gasteiger partial charge in [0.2, 0.25) is 11.8 Å². The Morgan fingerprint density at radius 2 is 2.19 bits per heavy atom. The number of hydrogen-bond donors (Lipinski definition) is 1. The van der Waals surface area contributed by atoms with Gasteiger partial charge in [0, 0.05) is 38.1 Å². The summed E-state index contributed by atoms with van der Waals surface area (Å²) in [5.74, 6) is 0.148. The number of nitrogens with zero attached hydrogens (tertiary/aromatic N) is 1. The highest BCUT2D eigenvalue weighted by Gasteiger charge is 2.43. The molecule has 0 saturated carbocycles. The summed E-state index contributed by atoms with van der Waals surface area (Å²) in [7, 11) is 1.56. The molecule has 1 aromatic rings. The van der Waals surface area contributed by atoms with Gasteiger partial charge in [-0.25, -0.2) is 0 Å². The first-order valence-electron chi connectivity index (χ1n) is 8.98. The maximum Gasteiger partial charge on any atom is 0.239 e. The number of likely N-dealkylation sites (tertiary alicyclic amines) is 1. The summed E-state index contributed by atoms with van der Waals surface area (Å²) >= 11 is 5.97. The van der Waals surface area contributed by atoms with Crippen LogP contribution in [0.25, 0.3) is 0 Å². The number of carbonyl (C=O) groups excluding carboxylic acids is 3. The first kappa shape index (κ1) is 19.6. The summed E-state index contributed by atoms with van der Waals surface area (Å²) < 4.78 is 11.1. The molecule has 2 amide bonds. The molecule has 0 aliphatic carbocycles. The van der Waals surface area contributed by atoms with Crippen molar-refractivity contribution in [1.82, 2.24) is 10.2 Å². The van der Waals surface area contributed by atoms with Crippen molar-refractivity contribution in [3.05, 3.63) is 28.8 Å². The average molecular weight is 395 g/mol. The first-order chi connectivity index (χ1) is 12.9. The molecular weight excluding hydrogens is 372 g/mol. The van der Waals surface area contributed by atoms with Crippen LogP contribution in [-0.2, 0) is 14.3 Å². The summed E-state index contributed by atoms with van der Waals surface area (Å²) in [6.07, 6.45) is 1.39. The summed E-state index contributed by atoms with van der Waals surface area (Å²) in [4.78, 5) is 38.6. The zero-order valence-electron chi connectivity index (χ0n) is 15.3. The lowest BCUT2D eigenvalue weighted by molar-refractivity contribution is -0.135. The zero-order valence-corrected chi connectivity index (χ0v) is 16.0. The number of rotatable bonds is 5. The molecule has 27 heavy (non-hydrogen) atoms. The van der Waals surface area contributed by atoms with Crippen molar-refractivity contribution >= 4 is 29.2 Å². The SMILES string of the molecule is COCCNC(=O)CN1CCC2(CCC1=O)CC(=O)c1cc(Cl)ccc1O2. The van der Waals surface area contributed by atoms with Gasteiger partial charge >= 0.3 is 0 Å². The minimum Gasteiger partial charge on any atom is -0.486 e. The molecule has 2 aliphatic rings. The van der Waals surface area contributed by atoms with Gasteiger partial charge in [-0.1, -0.05) is 11.6 Å². The van der Waals surface area contributed by atoms with Crippen molar-refractivity contribution in [2.75, 3.05) is 33.4 Å². The molecule has 1 saturated heterocycles. The number of amides is 2. The fraction of sp³-hybridized carbons (Fsp3) is 0.526. The summed E-state index contributed by atoms with van der Waals surface area (Å²) in [6.45, 7) is 1.19. The molecule has 1 N–H and O–H groups in total. The van der Waals surface area contributed by atoms with Crippen LogP contribution in [0.4, 0.5) is 0 Å². The van der Waals surface area contributed by atoms with Crippen LogP contribution in [0.3, 0.4) is 0 Å². The van der Waals surface area contributed by atoms with Gasteiger partial charge in [0.1, 0.15) is 11.4 Å². The summed E-state index contributed by atoms with van der Waals surface area (Å²) in [5.41, 5.74) is -0.229. The molecule has 1 unspecified atom stereocenters. The number of Topliss-reactive ketones (excluding diaryl/α,β-unsaturated/α-hetero) is 1. The van der Waals surface area contributed by atoms with E-state index in [9.17, 15) is 14.4 Å². The van der Waals surface area contributed by atoms with Gasteiger partial charge < -0.3 is 19.7 Å². The highest BCUT2D eigenvalue weighted by atomic mass is 35.5. The van der Waals surface area contributed by atoms with E-state index in [-0.39, 0.29) is 37.0 Å². The second-order valence-electron chi connectivity index (χ2n) is 6.93. The second kappa shape index (κ2) is 8.27. The van der Waals surface area contributed by atoms with Crippen LogP contribution in [0.2, 0.25) is 5.02 Å². The molecule has 2 aliphatic heterocycles. The average Bonchev–Trinajstić information content (AvgIpc) is 2.77. The number of methoxy groups -OCH3 is 1. The molecule has 2 heterocycles. The fourth-order valence-electron chi connectivity index (χ4n) is 3.52. The van der Waals surface area contributed by atoms with E-state index in [0.29, 0.717) is 48.9 Å². The molecule has 0 radical (unpaired) electrons. The molecule has 3 rings (SSSR count). The van der Waals surface area contributed by atoms with Gasteiger partial charge in [0.05, 0.1) is 25.1 Å². The van der Waals surface area contributed by atoms with Crippen LogP contribution in [0.15, 0.2) is 18.2 Å². The van der Waals surface area contributed by atoms with Crippen LogP contribution >= 0.6 is 11.6 Å². The van der Waals surface area contributed by atoms with Crippen LogP contribution in [0.1, 0.15) is 36.0 Å². The van der Waals surface area contributed by atoms with Crippen LogP contribution in [-0.4, -0.2) is 61.4 Å². The minimum atomic E-state index is -0.713. The lowest BCUT2D eigenvalue weighted by Gasteiger charge is -2.37.